The monoisotopic (exact) mass is 276 g/mol. The van der Waals surface area contributed by atoms with Crippen LogP contribution in [0, 0.1) is 0 Å². The van der Waals surface area contributed by atoms with Gasteiger partial charge in [-0.25, -0.2) is 0 Å². The van der Waals surface area contributed by atoms with E-state index in [1.807, 2.05) is 0 Å². The first kappa shape index (κ1) is 12.3. The Bertz CT molecular complexity index is 618. The Morgan fingerprint density at radius 3 is 2.79 bits per heavy atom. The summed E-state index contributed by atoms with van der Waals surface area (Å²) in [6, 6.07) is 6.54. The molecule has 98 valence electrons. The van der Waals surface area contributed by atoms with Crippen molar-refractivity contribution < 1.29 is 15.0 Å². The number of hydrogen-bond donors (Lipinski definition) is 3. The molecule has 3 N–H and O–H groups in total. The van der Waals surface area contributed by atoms with E-state index in [0.29, 0.717) is 5.56 Å². The molecule has 1 fully saturated rings. The van der Waals surface area contributed by atoms with Crippen LogP contribution in [0.4, 0.5) is 0 Å². The second-order valence-corrected chi connectivity index (χ2v) is 4.97. The van der Waals surface area contributed by atoms with Gasteiger partial charge in [0.05, 0.1) is 0 Å². The maximum absolute atomic E-state index is 12.5. The minimum atomic E-state index is -2.12. The smallest absolute Gasteiger partial charge is 0.258 e. The third kappa shape index (κ3) is 1.21. The normalized spacial score (nSPS) is 32.0. The molecule has 0 bridgehead atoms. The van der Waals surface area contributed by atoms with E-state index in [2.05, 4.69) is 11.9 Å². The summed E-state index contributed by atoms with van der Waals surface area (Å²) in [5, 5.41) is 24.3. The highest BCUT2D eigenvalue weighted by Gasteiger charge is 2.70. The molecule has 0 amide bonds. The second kappa shape index (κ2) is 3.63. The van der Waals surface area contributed by atoms with E-state index in [-0.39, 0.29) is 17.2 Å². The molecular weight excluding hydrogens is 264 g/mol. The predicted molar refractivity (Wildman–Crippen MR) is 72.3 cm³/mol. The van der Waals surface area contributed by atoms with Gasteiger partial charge in [0, 0.05) is 17.7 Å². The van der Waals surface area contributed by atoms with Gasteiger partial charge in [-0.05, 0) is 12.2 Å². The van der Waals surface area contributed by atoms with Crippen LogP contribution < -0.4 is 5.32 Å². The molecule has 0 radical (unpaired) electrons. The predicted octanol–water partition coefficient (Wildman–Crippen LogP) is 0.0927. The Balaban J connectivity index is 2.25. The van der Waals surface area contributed by atoms with Crippen LogP contribution in [0.25, 0.3) is 0 Å². The summed E-state index contributed by atoms with van der Waals surface area (Å²) in [6.07, 6.45) is 1.51. The fourth-order valence-electron chi connectivity index (χ4n) is 2.72. The van der Waals surface area contributed by atoms with Gasteiger partial charge in [0.1, 0.15) is 0 Å². The molecular formula is C13H12N2O3S. The molecule has 5 nitrogen and oxygen atoms in total. The summed E-state index contributed by atoms with van der Waals surface area (Å²) < 4.78 is 0. The topological polar surface area (TPSA) is 72.8 Å². The molecule has 1 saturated heterocycles. The molecule has 1 heterocycles. The Morgan fingerprint density at radius 1 is 1.42 bits per heavy atom. The van der Waals surface area contributed by atoms with Crippen LogP contribution in [-0.2, 0) is 5.72 Å². The number of hydrogen-bond acceptors (Lipinski definition) is 4. The standard InChI is InChI=1S/C13H12N2O3S/c1-2-7-15-11(19)14-12(17)9-6-4-3-5-8(9)10(16)13(12,15)18/h2-6,17-18H,1,7H2,(H,14,19)/t12-,13-/m0/s1. The average molecular weight is 276 g/mol. The van der Waals surface area contributed by atoms with Gasteiger partial charge in [0.15, 0.2) is 5.11 Å². The lowest BCUT2D eigenvalue weighted by atomic mass is 10.00. The van der Waals surface area contributed by atoms with E-state index < -0.39 is 17.2 Å². The molecule has 3 rings (SSSR count). The molecule has 0 spiro atoms. The van der Waals surface area contributed by atoms with E-state index >= 15 is 0 Å². The molecule has 1 aliphatic heterocycles. The molecule has 19 heavy (non-hydrogen) atoms. The van der Waals surface area contributed by atoms with Crippen molar-refractivity contribution in [2.24, 2.45) is 0 Å². The molecule has 1 aromatic carbocycles. The maximum Gasteiger partial charge on any atom is 0.258 e. The SMILES string of the molecule is C=CCN1C(=S)N[C@]2(O)c3ccccc3C(=O)[C@@]12O. The maximum atomic E-state index is 12.5. The van der Waals surface area contributed by atoms with Gasteiger partial charge < -0.3 is 20.4 Å². The quantitative estimate of drug-likeness (QED) is 0.525. The number of benzene rings is 1. The number of Topliss-reactive ketones (excluding diaryl/α,β-unsaturated/α-hetero) is 1. The third-order valence-corrected chi connectivity index (χ3v) is 3.94. The van der Waals surface area contributed by atoms with E-state index in [4.69, 9.17) is 12.2 Å². The van der Waals surface area contributed by atoms with Crippen molar-refractivity contribution in [2.45, 2.75) is 11.4 Å². The van der Waals surface area contributed by atoms with Crippen LogP contribution in [-0.4, -0.2) is 38.3 Å². The minimum Gasteiger partial charge on any atom is -0.363 e. The number of carbonyl (C=O) groups excluding carboxylic acids is 1. The fourth-order valence-corrected chi connectivity index (χ4v) is 3.08. The summed E-state index contributed by atoms with van der Waals surface area (Å²) in [5.41, 5.74) is -3.42. The first-order chi connectivity index (χ1) is 8.96. The van der Waals surface area contributed by atoms with Gasteiger partial charge in [-0.3, -0.25) is 4.79 Å². The van der Waals surface area contributed by atoms with Crippen molar-refractivity contribution >= 4 is 23.1 Å². The van der Waals surface area contributed by atoms with Gasteiger partial charge in [-0.1, -0.05) is 30.3 Å². The molecule has 2 aliphatic rings. The van der Waals surface area contributed by atoms with Gasteiger partial charge in [0.25, 0.3) is 5.72 Å². The lowest BCUT2D eigenvalue weighted by molar-refractivity contribution is -0.161. The molecule has 1 aromatic rings. The Labute approximate surface area is 115 Å². The first-order valence-corrected chi connectivity index (χ1v) is 6.17. The zero-order valence-electron chi connectivity index (χ0n) is 9.96. The largest absolute Gasteiger partial charge is 0.363 e. The van der Waals surface area contributed by atoms with E-state index in [1.165, 1.54) is 11.0 Å². The highest BCUT2D eigenvalue weighted by molar-refractivity contribution is 7.80. The summed E-state index contributed by atoms with van der Waals surface area (Å²) in [6.45, 7) is 3.72. The summed E-state index contributed by atoms with van der Waals surface area (Å²) in [7, 11) is 0. The van der Waals surface area contributed by atoms with E-state index in [1.54, 1.807) is 24.3 Å². The molecule has 0 saturated carbocycles. The number of nitrogens with zero attached hydrogens (tertiary/aromatic N) is 1. The number of ketones is 1. The highest BCUT2D eigenvalue weighted by atomic mass is 32.1. The molecule has 2 atom stereocenters. The Morgan fingerprint density at radius 2 is 2.11 bits per heavy atom. The van der Waals surface area contributed by atoms with Crippen molar-refractivity contribution in [3.63, 3.8) is 0 Å². The van der Waals surface area contributed by atoms with Crippen LogP contribution in [0.3, 0.4) is 0 Å². The van der Waals surface area contributed by atoms with Crippen molar-refractivity contribution in [3.05, 3.63) is 48.0 Å². The Hall–Kier alpha value is -1.76. The van der Waals surface area contributed by atoms with E-state index in [0.717, 1.165) is 0 Å². The number of fused-ring (bicyclic) bond motifs is 3. The number of rotatable bonds is 2. The average Bonchev–Trinajstić information content (AvgIpc) is 2.69. The zero-order valence-corrected chi connectivity index (χ0v) is 10.8. The van der Waals surface area contributed by atoms with E-state index in [9.17, 15) is 15.0 Å². The van der Waals surface area contributed by atoms with Crippen LogP contribution in [0.1, 0.15) is 15.9 Å². The third-order valence-electron chi connectivity index (χ3n) is 3.62. The van der Waals surface area contributed by atoms with Gasteiger partial charge in [-0.15, -0.1) is 6.58 Å². The van der Waals surface area contributed by atoms with Crippen LogP contribution in [0.2, 0.25) is 0 Å². The fraction of sp³-hybridized carbons (Fsp3) is 0.231. The number of thiocarbonyl (C=S) groups is 1. The van der Waals surface area contributed by atoms with Gasteiger partial charge >= 0.3 is 0 Å². The van der Waals surface area contributed by atoms with Crippen molar-refractivity contribution in [1.29, 1.82) is 0 Å². The summed E-state index contributed by atoms with van der Waals surface area (Å²) in [4.78, 5) is 13.7. The lowest BCUT2D eigenvalue weighted by Crippen LogP contribution is -2.59. The second-order valence-electron chi connectivity index (χ2n) is 4.59. The Kier molecular flexibility index (Phi) is 2.35. The van der Waals surface area contributed by atoms with Gasteiger partial charge in [0.2, 0.25) is 11.5 Å². The van der Waals surface area contributed by atoms with Crippen molar-refractivity contribution in [2.75, 3.05) is 6.54 Å². The first-order valence-electron chi connectivity index (χ1n) is 5.76. The molecule has 0 aromatic heterocycles. The van der Waals surface area contributed by atoms with Crippen LogP contribution >= 0.6 is 12.2 Å². The van der Waals surface area contributed by atoms with Crippen LogP contribution in [0.15, 0.2) is 36.9 Å². The summed E-state index contributed by atoms with van der Waals surface area (Å²) in [5.74, 6) is -0.570. The van der Waals surface area contributed by atoms with Crippen LogP contribution in [0.5, 0.6) is 0 Å². The lowest BCUT2D eigenvalue weighted by Gasteiger charge is -2.34. The number of aliphatic hydroxyl groups is 2. The number of nitrogens with one attached hydrogen (secondary N) is 1. The molecule has 6 heteroatoms. The van der Waals surface area contributed by atoms with Gasteiger partial charge in [-0.2, -0.15) is 0 Å². The van der Waals surface area contributed by atoms with Crippen molar-refractivity contribution in [1.82, 2.24) is 10.2 Å². The summed E-state index contributed by atoms with van der Waals surface area (Å²) >= 11 is 5.08. The molecule has 1 aliphatic carbocycles. The minimum absolute atomic E-state index is 0.118. The molecule has 0 unspecified atom stereocenters. The highest BCUT2D eigenvalue weighted by Crippen LogP contribution is 2.47. The number of carbonyl (C=O) groups is 1. The van der Waals surface area contributed by atoms with Crippen molar-refractivity contribution in [3.8, 4) is 0 Å². The zero-order chi connectivity index (χ0) is 13.8.